The second kappa shape index (κ2) is 6.87. The van der Waals surface area contributed by atoms with E-state index < -0.39 is 5.91 Å². The highest BCUT2D eigenvalue weighted by atomic mass is 35.5. The summed E-state index contributed by atoms with van der Waals surface area (Å²) in [6, 6.07) is 10.4. The Morgan fingerprint density at radius 3 is 2.48 bits per heavy atom. The summed E-state index contributed by atoms with van der Waals surface area (Å²) in [5.74, 6) is -0.0838. The average Bonchev–Trinajstić information content (AvgIpc) is 2.93. The Kier molecular flexibility index (Phi) is 5.11. The molecule has 2 N–H and O–H groups in total. The van der Waals surface area contributed by atoms with Crippen LogP contribution < -0.4 is 10.6 Å². The highest BCUT2D eigenvalue weighted by Gasteiger charge is 2.17. The number of hydrogen-bond donors (Lipinski definition) is 2. The van der Waals surface area contributed by atoms with Crippen LogP contribution in [0.15, 0.2) is 40.8 Å². The molecule has 0 fully saturated rings. The van der Waals surface area contributed by atoms with Gasteiger partial charge in [0, 0.05) is 11.1 Å². The molecule has 1 heterocycles. The first-order valence-corrected chi connectivity index (χ1v) is 7.58. The van der Waals surface area contributed by atoms with Gasteiger partial charge in [-0.25, -0.2) is 0 Å². The fourth-order valence-electron chi connectivity index (χ4n) is 1.98. The van der Waals surface area contributed by atoms with Crippen LogP contribution in [-0.4, -0.2) is 23.9 Å². The van der Waals surface area contributed by atoms with Gasteiger partial charge in [0.25, 0.3) is 5.91 Å². The Balaban J connectivity index is 1.99. The van der Waals surface area contributed by atoms with Gasteiger partial charge >= 0.3 is 0 Å². The largest absolute Gasteiger partial charge is 0.451 e. The van der Waals surface area contributed by atoms with Crippen molar-refractivity contribution in [3.05, 3.63) is 47.2 Å². The van der Waals surface area contributed by atoms with Gasteiger partial charge in [0.15, 0.2) is 5.76 Å². The van der Waals surface area contributed by atoms with Gasteiger partial charge in [0.05, 0.1) is 11.6 Å². The molecule has 122 valence electrons. The summed E-state index contributed by atoms with van der Waals surface area (Å²) in [6.45, 7) is 5.50. The van der Waals surface area contributed by atoms with Crippen LogP contribution in [0.4, 0.5) is 0 Å². The second-order valence-electron chi connectivity index (χ2n) is 6.12. The maximum Gasteiger partial charge on any atom is 0.287 e. The third-order valence-corrected chi connectivity index (χ3v) is 3.22. The van der Waals surface area contributed by atoms with Gasteiger partial charge in [0.2, 0.25) is 5.91 Å². The van der Waals surface area contributed by atoms with Crippen molar-refractivity contribution in [2.24, 2.45) is 0 Å². The molecule has 0 unspecified atom stereocenters. The first kappa shape index (κ1) is 17.1. The zero-order valence-corrected chi connectivity index (χ0v) is 14.0. The molecular formula is C17H19ClN2O3. The number of carbonyl (C=O) groups excluding carboxylic acids is 2. The van der Waals surface area contributed by atoms with E-state index in [2.05, 4.69) is 10.6 Å². The van der Waals surface area contributed by atoms with E-state index in [4.69, 9.17) is 16.0 Å². The summed E-state index contributed by atoms with van der Waals surface area (Å²) in [5, 5.41) is 5.83. The second-order valence-corrected chi connectivity index (χ2v) is 6.53. The van der Waals surface area contributed by atoms with Gasteiger partial charge in [-0.3, -0.25) is 9.59 Å². The van der Waals surface area contributed by atoms with E-state index in [9.17, 15) is 9.59 Å². The van der Waals surface area contributed by atoms with Crippen molar-refractivity contribution in [1.29, 1.82) is 0 Å². The Morgan fingerprint density at radius 1 is 1.13 bits per heavy atom. The number of benzene rings is 1. The molecule has 6 heteroatoms. The average molecular weight is 335 g/mol. The van der Waals surface area contributed by atoms with E-state index in [1.807, 2.05) is 32.9 Å². The summed E-state index contributed by atoms with van der Waals surface area (Å²) in [4.78, 5) is 23.7. The number of amides is 2. The molecule has 0 aliphatic carbocycles. The minimum absolute atomic E-state index is 0.113. The normalized spacial score (nSPS) is 11.1. The summed E-state index contributed by atoms with van der Waals surface area (Å²) in [6.07, 6.45) is 0. The van der Waals surface area contributed by atoms with Gasteiger partial charge in [-0.1, -0.05) is 23.7 Å². The molecule has 2 rings (SSSR count). The molecule has 1 aromatic heterocycles. The molecule has 0 radical (unpaired) electrons. The number of rotatable bonds is 4. The highest BCUT2D eigenvalue weighted by molar-refractivity contribution is 6.33. The van der Waals surface area contributed by atoms with Crippen LogP contribution in [0.5, 0.6) is 0 Å². The quantitative estimate of drug-likeness (QED) is 0.901. The fourth-order valence-corrected chi connectivity index (χ4v) is 2.20. The molecule has 0 saturated carbocycles. The lowest BCUT2D eigenvalue weighted by Gasteiger charge is -2.20. The lowest BCUT2D eigenvalue weighted by atomic mass is 10.1. The number of carbonyl (C=O) groups is 2. The van der Waals surface area contributed by atoms with E-state index in [1.165, 1.54) is 0 Å². The topological polar surface area (TPSA) is 71.3 Å². The van der Waals surface area contributed by atoms with Crippen molar-refractivity contribution in [2.45, 2.75) is 26.3 Å². The van der Waals surface area contributed by atoms with Crippen LogP contribution >= 0.6 is 11.6 Å². The summed E-state index contributed by atoms with van der Waals surface area (Å²) < 4.78 is 5.52. The Bertz CT molecular complexity index is 717. The van der Waals surface area contributed by atoms with Crippen molar-refractivity contribution in [3.8, 4) is 11.3 Å². The van der Waals surface area contributed by atoms with Gasteiger partial charge in [-0.15, -0.1) is 0 Å². The third kappa shape index (κ3) is 4.86. The van der Waals surface area contributed by atoms with Crippen LogP contribution in [0.3, 0.4) is 0 Å². The molecule has 2 amide bonds. The Morgan fingerprint density at radius 2 is 1.83 bits per heavy atom. The van der Waals surface area contributed by atoms with Crippen molar-refractivity contribution in [1.82, 2.24) is 10.6 Å². The van der Waals surface area contributed by atoms with E-state index >= 15 is 0 Å². The smallest absolute Gasteiger partial charge is 0.287 e. The molecule has 1 aromatic carbocycles. The highest BCUT2D eigenvalue weighted by Crippen LogP contribution is 2.28. The molecular weight excluding hydrogens is 316 g/mol. The lowest BCUT2D eigenvalue weighted by molar-refractivity contribution is -0.121. The zero-order chi connectivity index (χ0) is 17.0. The number of halogens is 1. The van der Waals surface area contributed by atoms with Crippen molar-refractivity contribution in [2.75, 3.05) is 6.54 Å². The molecule has 0 atom stereocenters. The van der Waals surface area contributed by atoms with Crippen LogP contribution in [0, 0.1) is 0 Å². The van der Waals surface area contributed by atoms with Crippen LogP contribution in [0.25, 0.3) is 11.3 Å². The van der Waals surface area contributed by atoms with E-state index in [-0.39, 0.29) is 23.8 Å². The summed E-state index contributed by atoms with van der Waals surface area (Å²) in [7, 11) is 0. The van der Waals surface area contributed by atoms with Gasteiger partial charge < -0.3 is 15.1 Å². The van der Waals surface area contributed by atoms with Gasteiger partial charge in [-0.2, -0.15) is 0 Å². The Hall–Kier alpha value is -2.27. The minimum Gasteiger partial charge on any atom is -0.451 e. The summed E-state index contributed by atoms with van der Waals surface area (Å²) >= 11 is 6.10. The molecule has 2 aromatic rings. The standard InChI is InChI=1S/C17H19ClN2O3/c1-17(2,3)20-15(21)10-19-16(22)14-9-8-13(23-14)11-6-4-5-7-12(11)18/h4-9H,10H2,1-3H3,(H,19,22)(H,20,21). The monoisotopic (exact) mass is 334 g/mol. The van der Waals surface area contributed by atoms with Crippen molar-refractivity contribution in [3.63, 3.8) is 0 Å². The number of furan rings is 1. The maximum atomic E-state index is 12.0. The van der Waals surface area contributed by atoms with Gasteiger partial charge in [-0.05, 0) is 45.0 Å². The first-order valence-electron chi connectivity index (χ1n) is 7.20. The third-order valence-electron chi connectivity index (χ3n) is 2.89. The van der Waals surface area contributed by atoms with Crippen molar-refractivity contribution < 1.29 is 14.0 Å². The zero-order valence-electron chi connectivity index (χ0n) is 13.3. The summed E-state index contributed by atoms with van der Waals surface area (Å²) in [5.41, 5.74) is 0.364. The van der Waals surface area contributed by atoms with Crippen LogP contribution in [0.1, 0.15) is 31.3 Å². The number of nitrogens with one attached hydrogen (secondary N) is 2. The molecule has 0 saturated heterocycles. The molecule has 23 heavy (non-hydrogen) atoms. The predicted molar refractivity (Wildman–Crippen MR) is 89.4 cm³/mol. The molecule has 0 spiro atoms. The van der Waals surface area contributed by atoms with Crippen molar-refractivity contribution >= 4 is 23.4 Å². The minimum atomic E-state index is -0.452. The lowest BCUT2D eigenvalue weighted by Crippen LogP contribution is -2.45. The maximum absolute atomic E-state index is 12.0. The van der Waals surface area contributed by atoms with Gasteiger partial charge in [0.1, 0.15) is 5.76 Å². The number of hydrogen-bond acceptors (Lipinski definition) is 3. The fraction of sp³-hybridized carbons (Fsp3) is 0.294. The van der Waals surface area contributed by atoms with E-state index in [1.54, 1.807) is 24.3 Å². The van der Waals surface area contributed by atoms with E-state index in [0.717, 1.165) is 0 Å². The SMILES string of the molecule is CC(C)(C)NC(=O)CNC(=O)c1ccc(-c2ccccc2Cl)o1. The molecule has 0 aliphatic rings. The van der Waals surface area contributed by atoms with Crippen LogP contribution in [0.2, 0.25) is 5.02 Å². The Labute approximate surface area is 140 Å². The first-order chi connectivity index (χ1) is 10.8. The molecule has 5 nitrogen and oxygen atoms in total. The van der Waals surface area contributed by atoms with Crippen LogP contribution in [-0.2, 0) is 4.79 Å². The molecule has 0 bridgehead atoms. The molecule has 0 aliphatic heterocycles. The predicted octanol–water partition coefficient (Wildman–Crippen LogP) is 3.24. The van der Waals surface area contributed by atoms with E-state index in [0.29, 0.717) is 16.3 Å².